The van der Waals surface area contributed by atoms with Gasteiger partial charge in [-0.05, 0) is 69.2 Å². The zero-order valence-electron chi connectivity index (χ0n) is 17.5. The number of aryl methyl sites for hydroxylation is 1. The predicted molar refractivity (Wildman–Crippen MR) is 116 cm³/mol. The molecule has 2 aromatic carbocycles. The van der Waals surface area contributed by atoms with Crippen molar-refractivity contribution in [3.63, 3.8) is 0 Å². The molecule has 0 aliphatic carbocycles. The zero-order valence-corrected chi connectivity index (χ0v) is 17.5. The topological polar surface area (TPSA) is 74.9 Å². The van der Waals surface area contributed by atoms with Gasteiger partial charge in [-0.2, -0.15) is 0 Å². The SMILES string of the molecule is Cc1oc2ccc(OCc3ccccc3CO)cc2c1C(=O)NC1CCN(C)CC1. The van der Waals surface area contributed by atoms with Crippen LogP contribution >= 0.6 is 0 Å². The Morgan fingerprint density at radius 1 is 1.20 bits per heavy atom. The summed E-state index contributed by atoms with van der Waals surface area (Å²) >= 11 is 0. The van der Waals surface area contributed by atoms with Gasteiger partial charge in [0.15, 0.2) is 0 Å². The molecule has 6 heteroatoms. The van der Waals surface area contributed by atoms with Crippen molar-refractivity contribution in [3.8, 4) is 5.75 Å². The molecular weight excluding hydrogens is 380 g/mol. The molecule has 158 valence electrons. The Hall–Kier alpha value is -2.83. The highest BCUT2D eigenvalue weighted by Crippen LogP contribution is 2.30. The monoisotopic (exact) mass is 408 g/mol. The quantitative estimate of drug-likeness (QED) is 0.651. The predicted octanol–water partition coefficient (Wildman–Crippen LogP) is 3.64. The number of aliphatic hydroxyl groups is 1. The average Bonchev–Trinajstić information content (AvgIpc) is 3.09. The lowest BCUT2D eigenvalue weighted by atomic mass is 10.0. The number of benzene rings is 2. The average molecular weight is 408 g/mol. The number of nitrogens with one attached hydrogen (secondary N) is 1. The first-order chi connectivity index (χ1) is 14.5. The van der Waals surface area contributed by atoms with E-state index in [-0.39, 0.29) is 18.6 Å². The second kappa shape index (κ2) is 8.90. The highest BCUT2D eigenvalue weighted by atomic mass is 16.5. The van der Waals surface area contributed by atoms with Crippen molar-refractivity contribution in [2.24, 2.45) is 0 Å². The molecule has 0 spiro atoms. The van der Waals surface area contributed by atoms with E-state index < -0.39 is 0 Å². The van der Waals surface area contributed by atoms with Crippen LogP contribution in [0.2, 0.25) is 0 Å². The summed E-state index contributed by atoms with van der Waals surface area (Å²) in [6, 6.07) is 13.4. The molecule has 30 heavy (non-hydrogen) atoms. The van der Waals surface area contributed by atoms with Gasteiger partial charge in [-0.25, -0.2) is 0 Å². The van der Waals surface area contributed by atoms with Crippen LogP contribution in [0, 0.1) is 6.92 Å². The molecule has 0 bridgehead atoms. The number of carbonyl (C=O) groups is 1. The molecule has 6 nitrogen and oxygen atoms in total. The summed E-state index contributed by atoms with van der Waals surface area (Å²) in [6.07, 6.45) is 1.91. The fourth-order valence-corrected chi connectivity index (χ4v) is 4.00. The molecule has 2 heterocycles. The normalized spacial score (nSPS) is 15.4. The molecule has 2 N–H and O–H groups in total. The molecule has 1 amide bonds. The Bertz CT molecular complexity index is 1030. The van der Waals surface area contributed by atoms with Crippen LogP contribution in [0.3, 0.4) is 0 Å². The van der Waals surface area contributed by atoms with Crippen molar-refractivity contribution >= 4 is 16.9 Å². The lowest BCUT2D eigenvalue weighted by Crippen LogP contribution is -2.43. The number of hydrogen-bond acceptors (Lipinski definition) is 5. The number of furan rings is 1. The third-order valence-electron chi connectivity index (χ3n) is 5.80. The largest absolute Gasteiger partial charge is 0.489 e. The van der Waals surface area contributed by atoms with Gasteiger partial charge in [0.2, 0.25) is 0 Å². The minimum absolute atomic E-state index is 0.0270. The molecule has 1 aliphatic heterocycles. The molecular formula is C24H28N2O4. The molecule has 3 aromatic rings. The van der Waals surface area contributed by atoms with E-state index in [0.717, 1.165) is 42.4 Å². The molecule has 0 radical (unpaired) electrons. The number of nitrogens with zero attached hydrogens (tertiary/aromatic N) is 1. The van der Waals surface area contributed by atoms with E-state index in [0.29, 0.717) is 29.3 Å². The number of carbonyl (C=O) groups excluding carboxylic acids is 1. The lowest BCUT2D eigenvalue weighted by Gasteiger charge is -2.29. The van der Waals surface area contributed by atoms with E-state index in [4.69, 9.17) is 9.15 Å². The molecule has 1 saturated heterocycles. The van der Waals surface area contributed by atoms with E-state index in [9.17, 15) is 9.90 Å². The Kier molecular flexibility index (Phi) is 6.06. The summed E-state index contributed by atoms with van der Waals surface area (Å²) in [7, 11) is 2.10. The van der Waals surface area contributed by atoms with Gasteiger partial charge in [0.1, 0.15) is 23.7 Å². The molecule has 0 unspecified atom stereocenters. The summed E-state index contributed by atoms with van der Waals surface area (Å²) in [4.78, 5) is 15.3. The maximum atomic E-state index is 13.0. The van der Waals surface area contributed by atoms with Gasteiger partial charge in [0.05, 0.1) is 12.2 Å². The van der Waals surface area contributed by atoms with Crippen molar-refractivity contribution in [3.05, 3.63) is 64.9 Å². The van der Waals surface area contributed by atoms with Gasteiger partial charge >= 0.3 is 0 Å². The van der Waals surface area contributed by atoms with Crippen molar-refractivity contribution in [1.82, 2.24) is 10.2 Å². The van der Waals surface area contributed by atoms with Crippen molar-refractivity contribution in [2.75, 3.05) is 20.1 Å². The smallest absolute Gasteiger partial charge is 0.255 e. The van der Waals surface area contributed by atoms with Gasteiger partial charge in [0.25, 0.3) is 5.91 Å². The summed E-state index contributed by atoms with van der Waals surface area (Å²) < 4.78 is 11.8. The third-order valence-corrected chi connectivity index (χ3v) is 5.80. The Morgan fingerprint density at radius 3 is 2.67 bits per heavy atom. The minimum Gasteiger partial charge on any atom is -0.489 e. The fourth-order valence-electron chi connectivity index (χ4n) is 4.00. The second-order valence-corrected chi connectivity index (χ2v) is 7.96. The molecule has 0 atom stereocenters. The van der Waals surface area contributed by atoms with Crippen LogP contribution in [0.5, 0.6) is 5.75 Å². The summed E-state index contributed by atoms with van der Waals surface area (Å²) in [5.41, 5.74) is 3.02. The number of ether oxygens (including phenoxy) is 1. The maximum absolute atomic E-state index is 13.0. The molecule has 4 rings (SSSR count). The highest BCUT2D eigenvalue weighted by Gasteiger charge is 2.23. The number of fused-ring (bicyclic) bond motifs is 1. The van der Waals surface area contributed by atoms with Gasteiger partial charge in [0, 0.05) is 11.4 Å². The highest BCUT2D eigenvalue weighted by molar-refractivity contribution is 6.07. The fraction of sp³-hybridized carbons (Fsp3) is 0.375. The Morgan fingerprint density at radius 2 is 1.93 bits per heavy atom. The van der Waals surface area contributed by atoms with E-state index in [1.807, 2.05) is 49.4 Å². The first-order valence-electron chi connectivity index (χ1n) is 10.4. The van der Waals surface area contributed by atoms with Crippen molar-refractivity contribution in [2.45, 2.75) is 39.0 Å². The zero-order chi connectivity index (χ0) is 21.1. The minimum atomic E-state index is -0.0939. The number of aliphatic hydroxyl groups excluding tert-OH is 1. The number of likely N-dealkylation sites (tertiary alicyclic amines) is 1. The van der Waals surface area contributed by atoms with Crippen LogP contribution in [-0.4, -0.2) is 42.1 Å². The van der Waals surface area contributed by atoms with E-state index >= 15 is 0 Å². The first-order valence-corrected chi connectivity index (χ1v) is 10.4. The first kappa shape index (κ1) is 20.4. The Labute approximate surface area is 176 Å². The van der Waals surface area contributed by atoms with Gasteiger partial charge < -0.3 is 24.5 Å². The Balaban J connectivity index is 1.52. The molecule has 1 fully saturated rings. The van der Waals surface area contributed by atoms with Crippen LogP contribution in [0.4, 0.5) is 0 Å². The van der Waals surface area contributed by atoms with Crippen LogP contribution in [-0.2, 0) is 13.2 Å². The third kappa shape index (κ3) is 4.35. The van der Waals surface area contributed by atoms with Crippen LogP contribution < -0.4 is 10.1 Å². The number of rotatable bonds is 6. The van der Waals surface area contributed by atoms with Crippen molar-refractivity contribution in [1.29, 1.82) is 0 Å². The van der Waals surface area contributed by atoms with Gasteiger partial charge in [-0.3, -0.25) is 4.79 Å². The summed E-state index contributed by atoms with van der Waals surface area (Å²) in [6.45, 7) is 4.12. The number of hydrogen-bond donors (Lipinski definition) is 2. The van der Waals surface area contributed by atoms with Gasteiger partial charge in [-0.15, -0.1) is 0 Å². The van der Waals surface area contributed by atoms with Crippen LogP contribution in [0.1, 0.15) is 40.1 Å². The second-order valence-electron chi connectivity index (χ2n) is 7.96. The van der Waals surface area contributed by atoms with Crippen LogP contribution in [0.25, 0.3) is 11.0 Å². The number of amides is 1. The number of piperidine rings is 1. The van der Waals surface area contributed by atoms with E-state index in [1.165, 1.54) is 0 Å². The van der Waals surface area contributed by atoms with Crippen molar-refractivity contribution < 1.29 is 19.1 Å². The maximum Gasteiger partial charge on any atom is 0.255 e. The summed E-state index contributed by atoms with van der Waals surface area (Å²) in [5.74, 6) is 1.17. The molecule has 1 aliphatic rings. The van der Waals surface area contributed by atoms with Gasteiger partial charge in [-0.1, -0.05) is 24.3 Å². The summed E-state index contributed by atoms with van der Waals surface area (Å²) in [5, 5.41) is 13.4. The molecule has 0 saturated carbocycles. The van der Waals surface area contributed by atoms with E-state index in [1.54, 1.807) is 0 Å². The standard InChI is InChI=1S/C24H28N2O4/c1-16-23(24(28)25-19-9-11-26(2)12-10-19)21-13-20(7-8-22(21)30-16)29-15-18-6-4-3-5-17(18)14-27/h3-8,13,19,27H,9-12,14-15H2,1-2H3,(H,25,28). The lowest BCUT2D eigenvalue weighted by molar-refractivity contribution is 0.0917. The molecule has 1 aromatic heterocycles. The van der Waals surface area contributed by atoms with Crippen LogP contribution in [0.15, 0.2) is 46.9 Å². The van der Waals surface area contributed by atoms with E-state index in [2.05, 4.69) is 17.3 Å².